The van der Waals surface area contributed by atoms with Crippen LogP contribution in [-0.4, -0.2) is 11.0 Å². The van der Waals surface area contributed by atoms with E-state index in [-0.39, 0.29) is 5.97 Å². The Morgan fingerprint density at radius 3 is 2.35 bits per heavy atom. The number of hydrogen-bond donors (Lipinski definition) is 0. The monoisotopic (exact) mass is 351 g/mol. The Labute approximate surface area is 156 Å². The summed E-state index contributed by atoms with van der Waals surface area (Å²) < 4.78 is 5.45. The predicted octanol–water partition coefficient (Wildman–Crippen LogP) is 6.15. The number of aromatic nitrogens is 1. The first-order chi connectivity index (χ1) is 12.8. The number of carbonyl (C=O) groups excluding carboxylic acids is 1. The normalized spacial score (nSPS) is 19.9. The molecule has 0 atom stereocenters. The molecule has 0 amide bonds. The Morgan fingerprint density at radius 2 is 1.69 bits per heavy atom. The molecule has 1 aliphatic carbocycles. The van der Waals surface area contributed by atoms with Crippen molar-refractivity contribution in [3.63, 3.8) is 0 Å². The highest BCUT2D eigenvalue weighted by atomic mass is 16.5. The van der Waals surface area contributed by atoms with Gasteiger partial charge in [0.25, 0.3) is 0 Å². The van der Waals surface area contributed by atoms with Crippen LogP contribution in [0.25, 0.3) is 0 Å². The Kier molecular flexibility index (Phi) is 6.82. The maximum Gasteiger partial charge on any atom is 0.343 e. The molecule has 2 aromatic rings. The molecule has 1 fully saturated rings. The minimum Gasteiger partial charge on any atom is -0.423 e. The van der Waals surface area contributed by atoms with Gasteiger partial charge in [0.05, 0.1) is 5.56 Å². The van der Waals surface area contributed by atoms with Gasteiger partial charge in [0.15, 0.2) is 0 Å². The molecule has 3 rings (SSSR count). The van der Waals surface area contributed by atoms with E-state index in [1.54, 1.807) is 24.5 Å². The molecule has 26 heavy (non-hydrogen) atoms. The van der Waals surface area contributed by atoms with Crippen LogP contribution in [-0.2, 0) is 0 Å². The molecule has 0 bridgehead atoms. The SMILES string of the molecule is CCCCCC1CCC(c2ccc(OC(=O)c3ccncc3)cc2)CC1. The summed E-state index contributed by atoms with van der Waals surface area (Å²) in [6.45, 7) is 2.27. The summed E-state index contributed by atoms with van der Waals surface area (Å²) >= 11 is 0. The number of hydrogen-bond acceptors (Lipinski definition) is 3. The van der Waals surface area contributed by atoms with E-state index in [9.17, 15) is 4.79 Å². The molecular formula is C23H29NO2. The highest BCUT2D eigenvalue weighted by molar-refractivity contribution is 5.90. The van der Waals surface area contributed by atoms with Gasteiger partial charge in [0.1, 0.15) is 5.75 Å². The van der Waals surface area contributed by atoms with Gasteiger partial charge in [0.2, 0.25) is 0 Å². The van der Waals surface area contributed by atoms with Crippen molar-refractivity contribution in [1.82, 2.24) is 4.98 Å². The van der Waals surface area contributed by atoms with Gasteiger partial charge in [0, 0.05) is 12.4 Å². The second-order valence-electron chi connectivity index (χ2n) is 7.41. The molecule has 0 unspecified atom stereocenters. The molecule has 138 valence electrons. The zero-order valence-electron chi connectivity index (χ0n) is 15.7. The zero-order valence-corrected chi connectivity index (χ0v) is 15.7. The van der Waals surface area contributed by atoms with Gasteiger partial charge in [-0.3, -0.25) is 4.98 Å². The van der Waals surface area contributed by atoms with Crippen LogP contribution in [0.1, 0.15) is 80.1 Å². The quantitative estimate of drug-likeness (QED) is 0.341. The number of ether oxygens (including phenoxy) is 1. The van der Waals surface area contributed by atoms with Crippen LogP contribution < -0.4 is 4.74 Å². The number of pyridine rings is 1. The second-order valence-corrected chi connectivity index (χ2v) is 7.41. The fourth-order valence-electron chi connectivity index (χ4n) is 3.93. The average Bonchev–Trinajstić information content (AvgIpc) is 2.70. The maximum atomic E-state index is 12.1. The lowest BCUT2D eigenvalue weighted by molar-refractivity contribution is 0.0734. The zero-order chi connectivity index (χ0) is 18.2. The Hall–Kier alpha value is -2.16. The van der Waals surface area contributed by atoms with E-state index in [0.29, 0.717) is 17.2 Å². The van der Waals surface area contributed by atoms with Gasteiger partial charge in [-0.25, -0.2) is 4.79 Å². The molecule has 0 radical (unpaired) electrons. The van der Waals surface area contributed by atoms with E-state index in [2.05, 4.69) is 24.0 Å². The molecule has 3 heteroatoms. The lowest BCUT2D eigenvalue weighted by Gasteiger charge is -2.29. The van der Waals surface area contributed by atoms with Crippen molar-refractivity contribution in [1.29, 1.82) is 0 Å². The fourth-order valence-corrected chi connectivity index (χ4v) is 3.93. The van der Waals surface area contributed by atoms with Gasteiger partial charge in [-0.15, -0.1) is 0 Å². The Morgan fingerprint density at radius 1 is 1.00 bits per heavy atom. The number of esters is 1. The highest BCUT2D eigenvalue weighted by Crippen LogP contribution is 2.38. The number of benzene rings is 1. The second kappa shape index (κ2) is 9.51. The number of nitrogens with zero attached hydrogens (tertiary/aromatic N) is 1. The lowest BCUT2D eigenvalue weighted by Crippen LogP contribution is -2.13. The molecule has 3 nitrogen and oxygen atoms in total. The molecule has 0 aliphatic heterocycles. The summed E-state index contributed by atoms with van der Waals surface area (Å²) in [5.74, 6) is 1.84. The van der Waals surface area contributed by atoms with E-state index in [4.69, 9.17) is 4.74 Å². The third kappa shape index (κ3) is 5.17. The number of unbranched alkanes of at least 4 members (excludes halogenated alkanes) is 2. The van der Waals surface area contributed by atoms with Crippen LogP contribution in [0.2, 0.25) is 0 Å². The largest absolute Gasteiger partial charge is 0.423 e. The van der Waals surface area contributed by atoms with Crippen LogP contribution >= 0.6 is 0 Å². The molecule has 1 saturated carbocycles. The van der Waals surface area contributed by atoms with Crippen LogP contribution in [0.4, 0.5) is 0 Å². The van der Waals surface area contributed by atoms with E-state index in [1.165, 1.54) is 56.9 Å². The molecular weight excluding hydrogens is 322 g/mol. The van der Waals surface area contributed by atoms with Crippen LogP contribution in [0.5, 0.6) is 5.75 Å². The van der Waals surface area contributed by atoms with Gasteiger partial charge in [-0.1, -0.05) is 44.7 Å². The first kappa shape index (κ1) is 18.6. The van der Waals surface area contributed by atoms with Gasteiger partial charge in [-0.2, -0.15) is 0 Å². The number of carbonyl (C=O) groups is 1. The minimum absolute atomic E-state index is 0.340. The predicted molar refractivity (Wildman–Crippen MR) is 104 cm³/mol. The summed E-state index contributed by atoms with van der Waals surface area (Å²) in [4.78, 5) is 16.0. The van der Waals surface area contributed by atoms with Gasteiger partial charge >= 0.3 is 5.97 Å². The van der Waals surface area contributed by atoms with Crippen molar-refractivity contribution in [3.8, 4) is 5.75 Å². The molecule has 1 aliphatic rings. The fraction of sp³-hybridized carbons (Fsp3) is 0.478. The molecule has 0 spiro atoms. The van der Waals surface area contributed by atoms with Crippen LogP contribution in [0.3, 0.4) is 0 Å². The Bertz CT molecular complexity index is 673. The summed E-state index contributed by atoms with van der Waals surface area (Å²) in [6, 6.07) is 11.4. The highest BCUT2D eigenvalue weighted by Gasteiger charge is 2.22. The van der Waals surface area contributed by atoms with E-state index in [0.717, 1.165) is 5.92 Å². The standard InChI is InChI=1S/C23H29NO2/c1-2-3-4-5-18-6-8-19(9-7-18)20-10-12-22(13-11-20)26-23(25)21-14-16-24-17-15-21/h10-19H,2-9H2,1H3. The average molecular weight is 351 g/mol. The van der Waals surface area contributed by atoms with Crippen molar-refractivity contribution < 1.29 is 9.53 Å². The van der Waals surface area contributed by atoms with E-state index >= 15 is 0 Å². The van der Waals surface area contributed by atoms with Crippen molar-refractivity contribution in [2.75, 3.05) is 0 Å². The molecule has 1 heterocycles. The molecule has 0 saturated heterocycles. The first-order valence-corrected chi connectivity index (χ1v) is 9.98. The van der Waals surface area contributed by atoms with Gasteiger partial charge in [-0.05, 0) is 67.3 Å². The van der Waals surface area contributed by atoms with Crippen molar-refractivity contribution in [2.24, 2.45) is 5.92 Å². The number of rotatable bonds is 7. The topological polar surface area (TPSA) is 39.2 Å². The minimum atomic E-state index is -0.340. The molecule has 0 N–H and O–H groups in total. The third-order valence-corrected chi connectivity index (χ3v) is 5.54. The Balaban J connectivity index is 1.50. The third-order valence-electron chi connectivity index (χ3n) is 5.54. The summed E-state index contributed by atoms with van der Waals surface area (Å²) in [7, 11) is 0. The lowest BCUT2D eigenvalue weighted by atomic mass is 9.77. The van der Waals surface area contributed by atoms with Crippen LogP contribution in [0.15, 0.2) is 48.8 Å². The summed E-state index contributed by atoms with van der Waals surface area (Å²) in [5.41, 5.74) is 1.89. The van der Waals surface area contributed by atoms with Crippen molar-refractivity contribution in [3.05, 3.63) is 59.9 Å². The molecule has 1 aromatic carbocycles. The van der Waals surface area contributed by atoms with Crippen molar-refractivity contribution in [2.45, 2.75) is 64.2 Å². The smallest absolute Gasteiger partial charge is 0.343 e. The van der Waals surface area contributed by atoms with E-state index < -0.39 is 0 Å². The summed E-state index contributed by atoms with van der Waals surface area (Å²) in [6.07, 6.45) is 14.0. The molecule has 1 aromatic heterocycles. The van der Waals surface area contributed by atoms with Gasteiger partial charge < -0.3 is 4.74 Å². The van der Waals surface area contributed by atoms with Crippen molar-refractivity contribution >= 4 is 5.97 Å². The van der Waals surface area contributed by atoms with Crippen LogP contribution in [0, 0.1) is 5.92 Å². The van der Waals surface area contributed by atoms with E-state index in [1.807, 2.05) is 12.1 Å². The first-order valence-electron chi connectivity index (χ1n) is 9.98. The summed E-state index contributed by atoms with van der Waals surface area (Å²) in [5, 5.41) is 0. The maximum absolute atomic E-state index is 12.1.